The highest BCUT2D eigenvalue weighted by atomic mass is 35.5. The minimum Gasteiger partial charge on any atom is -0.397 e. The second-order valence-corrected chi connectivity index (χ2v) is 7.43. The van der Waals surface area contributed by atoms with E-state index < -0.39 is 10.0 Å². The molecular weight excluding hydrogens is 314 g/mol. The smallest absolute Gasteiger partial charge is 0.243 e. The summed E-state index contributed by atoms with van der Waals surface area (Å²) in [6.07, 6.45) is 1.47. The number of nitrogens with zero attached hydrogens (tertiary/aromatic N) is 1. The average molecular weight is 332 g/mol. The largest absolute Gasteiger partial charge is 0.397 e. The first-order chi connectivity index (χ1) is 9.80. The fraction of sp³-hybridized carbons (Fsp3) is 0.462. The Morgan fingerprint density at radius 1 is 1.48 bits per heavy atom. The van der Waals surface area contributed by atoms with E-state index in [0.29, 0.717) is 18.0 Å². The number of carbonyl (C=O) groups is 1. The summed E-state index contributed by atoms with van der Waals surface area (Å²) in [5, 5.41) is 3.09. The first kappa shape index (κ1) is 16.1. The molecule has 1 heterocycles. The second kappa shape index (κ2) is 6.21. The van der Waals surface area contributed by atoms with Crippen LogP contribution in [0, 0.1) is 0 Å². The number of nitrogens with one attached hydrogen (secondary N) is 1. The van der Waals surface area contributed by atoms with Crippen molar-refractivity contribution in [1.82, 2.24) is 9.62 Å². The molecule has 0 radical (unpaired) electrons. The summed E-state index contributed by atoms with van der Waals surface area (Å²) in [6, 6.07) is 4.12. The van der Waals surface area contributed by atoms with Crippen LogP contribution in [0.4, 0.5) is 5.69 Å². The van der Waals surface area contributed by atoms with Gasteiger partial charge in [0.15, 0.2) is 0 Å². The van der Waals surface area contributed by atoms with E-state index in [9.17, 15) is 13.2 Å². The Labute approximate surface area is 129 Å². The zero-order valence-corrected chi connectivity index (χ0v) is 13.2. The molecule has 0 aliphatic carbocycles. The third-order valence-corrected chi connectivity index (χ3v) is 5.60. The standard InChI is InChI=1S/C13H18ClN3O3S/c1-9(18)16-10-3-2-6-17(8-10)21(19,20)11-4-5-12(14)13(15)7-11/h4-5,7,10H,2-3,6,8,15H2,1H3,(H,16,18). The molecule has 1 atom stereocenters. The Morgan fingerprint density at radius 2 is 2.19 bits per heavy atom. The summed E-state index contributed by atoms with van der Waals surface area (Å²) in [4.78, 5) is 11.2. The van der Waals surface area contributed by atoms with Gasteiger partial charge in [-0.1, -0.05) is 11.6 Å². The molecule has 1 aliphatic rings. The van der Waals surface area contributed by atoms with E-state index in [2.05, 4.69) is 5.32 Å². The van der Waals surface area contributed by atoms with Crippen molar-refractivity contribution >= 4 is 33.2 Å². The van der Waals surface area contributed by atoms with Gasteiger partial charge in [0.1, 0.15) is 0 Å². The maximum atomic E-state index is 12.6. The van der Waals surface area contributed by atoms with Crippen molar-refractivity contribution in [2.75, 3.05) is 18.8 Å². The predicted molar refractivity (Wildman–Crippen MR) is 81.5 cm³/mol. The van der Waals surface area contributed by atoms with E-state index in [1.165, 1.54) is 29.4 Å². The van der Waals surface area contributed by atoms with Crippen LogP contribution in [0.1, 0.15) is 19.8 Å². The lowest BCUT2D eigenvalue weighted by atomic mass is 10.1. The van der Waals surface area contributed by atoms with Crippen LogP contribution in [0.25, 0.3) is 0 Å². The molecule has 21 heavy (non-hydrogen) atoms. The number of carbonyl (C=O) groups excluding carboxylic acids is 1. The van der Waals surface area contributed by atoms with Crippen molar-refractivity contribution in [3.63, 3.8) is 0 Å². The number of hydrogen-bond donors (Lipinski definition) is 2. The van der Waals surface area contributed by atoms with Gasteiger partial charge in [-0.25, -0.2) is 8.42 Å². The van der Waals surface area contributed by atoms with Crippen molar-refractivity contribution in [2.45, 2.75) is 30.7 Å². The SMILES string of the molecule is CC(=O)NC1CCCN(S(=O)(=O)c2ccc(Cl)c(N)c2)C1. The first-order valence-electron chi connectivity index (χ1n) is 6.63. The maximum absolute atomic E-state index is 12.6. The number of hydrogen-bond acceptors (Lipinski definition) is 4. The molecule has 1 aromatic rings. The van der Waals surface area contributed by atoms with E-state index in [4.69, 9.17) is 17.3 Å². The second-order valence-electron chi connectivity index (χ2n) is 5.09. The summed E-state index contributed by atoms with van der Waals surface area (Å²) >= 11 is 5.82. The highest BCUT2D eigenvalue weighted by Crippen LogP contribution is 2.26. The van der Waals surface area contributed by atoms with Crippen LogP contribution in [0.2, 0.25) is 5.02 Å². The van der Waals surface area contributed by atoms with E-state index in [1.54, 1.807) is 0 Å². The van der Waals surface area contributed by atoms with Crippen LogP contribution < -0.4 is 11.1 Å². The number of halogens is 1. The van der Waals surface area contributed by atoms with Gasteiger partial charge in [-0.05, 0) is 31.0 Å². The van der Waals surface area contributed by atoms with Gasteiger partial charge in [-0.2, -0.15) is 4.31 Å². The molecular formula is C13H18ClN3O3S. The third-order valence-electron chi connectivity index (χ3n) is 3.40. The quantitative estimate of drug-likeness (QED) is 0.814. The van der Waals surface area contributed by atoms with E-state index in [1.807, 2.05) is 0 Å². The maximum Gasteiger partial charge on any atom is 0.243 e. The zero-order chi connectivity index (χ0) is 15.6. The minimum atomic E-state index is -3.63. The number of rotatable bonds is 3. The fourth-order valence-corrected chi connectivity index (χ4v) is 4.07. The number of sulfonamides is 1. The van der Waals surface area contributed by atoms with E-state index in [0.717, 1.165) is 6.42 Å². The summed E-state index contributed by atoms with van der Waals surface area (Å²) in [6.45, 7) is 2.12. The Hall–Kier alpha value is -1.31. The monoisotopic (exact) mass is 331 g/mol. The van der Waals surface area contributed by atoms with Crippen molar-refractivity contribution in [3.05, 3.63) is 23.2 Å². The molecule has 0 aromatic heterocycles. The highest BCUT2D eigenvalue weighted by molar-refractivity contribution is 7.89. The topological polar surface area (TPSA) is 92.5 Å². The van der Waals surface area contributed by atoms with E-state index >= 15 is 0 Å². The number of piperidine rings is 1. The predicted octanol–water partition coefficient (Wildman–Crippen LogP) is 1.21. The van der Waals surface area contributed by atoms with Crippen LogP contribution in [0.3, 0.4) is 0 Å². The van der Waals surface area contributed by atoms with Crippen LogP contribution in [-0.4, -0.2) is 37.8 Å². The molecule has 1 aliphatic heterocycles. The summed E-state index contributed by atoms with van der Waals surface area (Å²) in [5.74, 6) is -0.157. The summed E-state index contributed by atoms with van der Waals surface area (Å²) < 4.78 is 26.6. The Bertz CT molecular complexity index is 648. The van der Waals surface area contributed by atoms with Gasteiger partial charge in [-0.15, -0.1) is 0 Å². The molecule has 1 unspecified atom stereocenters. The Morgan fingerprint density at radius 3 is 2.81 bits per heavy atom. The molecule has 1 aromatic carbocycles. The van der Waals surface area contributed by atoms with Crippen molar-refractivity contribution in [1.29, 1.82) is 0 Å². The Kier molecular flexibility index (Phi) is 4.75. The Balaban J connectivity index is 2.22. The van der Waals surface area contributed by atoms with Gasteiger partial charge in [0, 0.05) is 26.1 Å². The zero-order valence-electron chi connectivity index (χ0n) is 11.7. The lowest BCUT2D eigenvalue weighted by Crippen LogP contribution is -2.49. The van der Waals surface area contributed by atoms with Gasteiger partial charge >= 0.3 is 0 Å². The molecule has 0 bridgehead atoms. The minimum absolute atomic E-state index is 0.118. The van der Waals surface area contributed by atoms with Gasteiger partial charge in [0.05, 0.1) is 15.6 Å². The number of nitrogen functional groups attached to an aromatic ring is 1. The molecule has 6 nitrogen and oxygen atoms in total. The molecule has 1 saturated heterocycles. The van der Waals surface area contributed by atoms with E-state index in [-0.39, 0.29) is 29.1 Å². The average Bonchev–Trinajstić information content (AvgIpc) is 2.41. The number of anilines is 1. The molecule has 1 fully saturated rings. The number of nitrogens with two attached hydrogens (primary N) is 1. The van der Waals surface area contributed by atoms with Crippen molar-refractivity contribution in [2.24, 2.45) is 0 Å². The molecule has 8 heteroatoms. The number of amides is 1. The number of benzene rings is 1. The lowest BCUT2D eigenvalue weighted by Gasteiger charge is -2.32. The third kappa shape index (κ3) is 3.66. The first-order valence-corrected chi connectivity index (χ1v) is 8.45. The summed E-state index contributed by atoms with van der Waals surface area (Å²) in [7, 11) is -3.63. The summed E-state index contributed by atoms with van der Waals surface area (Å²) in [5.41, 5.74) is 5.90. The normalized spacial score (nSPS) is 20.2. The van der Waals surface area contributed by atoms with Gasteiger partial charge < -0.3 is 11.1 Å². The van der Waals surface area contributed by atoms with Crippen molar-refractivity contribution < 1.29 is 13.2 Å². The lowest BCUT2D eigenvalue weighted by molar-refractivity contribution is -0.119. The molecule has 3 N–H and O–H groups in total. The molecule has 116 valence electrons. The molecule has 0 spiro atoms. The molecule has 2 rings (SSSR count). The van der Waals surface area contributed by atoms with Gasteiger partial charge in [0.25, 0.3) is 0 Å². The van der Waals surface area contributed by atoms with Crippen LogP contribution in [0.5, 0.6) is 0 Å². The van der Waals surface area contributed by atoms with Crippen LogP contribution >= 0.6 is 11.6 Å². The fourth-order valence-electron chi connectivity index (χ4n) is 2.40. The van der Waals surface area contributed by atoms with Gasteiger partial charge in [0.2, 0.25) is 15.9 Å². The highest BCUT2D eigenvalue weighted by Gasteiger charge is 2.30. The van der Waals surface area contributed by atoms with Crippen LogP contribution in [0.15, 0.2) is 23.1 Å². The molecule has 0 saturated carbocycles. The van der Waals surface area contributed by atoms with Gasteiger partial charge in [-0.3, -0.25) is 4.79 Å². The molecule has 1 amide bonds. The van der Waals surface area contributed by atoms with Crippen molar-refractivity contribution in [3.8, 4) is 0 Å². The van der Waals surface area contributed by atoms with Crippen LogP contribution in [-0.2, 0) is 14.8 Å².